The standard InChI is InChI=1S/C20H20N2O2S/c1-11(23)19-18(21)17-16(12-7-9-13(24-2)10-8-12)14-5-3-4-6-15(14)22-20(17)25-19/h7-10H,3-6,21H2,1-2H3. The lowest BCUT2D eigenvalue weighted by atomic mass is 9.87. The van der Waals surface area contributed by atoms with Crippen molar-refractivity contribution >= 4 is 33.0 Å². The molecule has 2 heterocycles. The van der Waals surface area contributed by atoms with E-state index in [0.29, 0.717) is 10.6 Å². The Bertz CT molecular complexity index is 974. The summed E-state index contributed by atoms with van der Waals surface area (Å²) in [5.74, 6) is 0.824. The van der Waals surface area contributed by atoms with E-state index in [1.807, 2.05) is 12.1 Å². The van der Waals surface area contributed by atoms with Gasteiger partial charge in [-0.25, -0.2) is 4.98 Å². The van der Waals surface area contributed by atoms with Crippen LogP contribution < -0.4 is 10.5 Å². The van der Waals surface area contributed by atoms with Crippen LogP contribution in [0.3, 0.4) is 0 Å². The number of nitrogens with zero attached hydrogens (tertiary/aromatic N) is 1. The molecule has 5 heteroatoms. The SMILES string of the molecule is COc1ccc(-c2c3c(nc4sc(C(C)=O)c(N)c24)CCCC3)cc1. The Kier molecular flexibility index (Phi) is 3.96. The van der Waals surface area contributed by atoms with E-state index in [0.717, 1.165) is 58.5 Å². The molecule has 0 atom stereocenters. The first-order valence-corrected chi connectivity index (χ1v) is 9.31. The number of fused-ring (bicyclic) bond motifs is 2. The van der Waals surface area contributed by atoms with Crippen LogP contribution in [0.15, 0.2) is 24.3 Å². The Morgan fingerprint density at radius 1 is 1.20 bits per heavy atom. The Hall–Kier alpha value is -2.40. The number of hydrogen-bond acceptors (Lipinski definition) is 5. The Morgan fingerprint density at radius 3 is 2.60 bits per heavy atom. The molecule has 0 amide bonds. The smallest absolute Gasteiger partial charge is 0.171 e. The highest BCUT2D eigenvalue weighted by molar-refractivity contribution is 7.21. The number of nitrogen functional groups attached to an aromatic ring is 1. The highest BCUT2D eigenvalue weighted by Crippen LogP contribution is 2.44. The molecule has 0 radical (unpaired) electrons. The predicted octanol–water partition coefficient (Wildman–Crippen LogP) is 4.64. The largest absolute Gasteiger partial charge is 0.497 e. The van der Waals surface area contributed by atoms with Gasteiger partial charge in [0, 0.05) is 18.0 Å². The second-order valence-corrected chi connectivity index (χ2v) is 7.43. The molecule has 128 valence electrons. The molecule has 4 nitrogen and oxygen atoms in total. The molecular weight excluding hydrogens is 332 g/mol. The number of thiophene rings is 1. The van der Waals surface area contributed by atoms with Crippen molar-refractivity contribution in [3.63, 3.8) is 0 Å². The van der Waals surface area contributed by atoms with Crippen LogP contribution in [0, 0.1) is 0 Å². The zero-order chi connectivity index (χ0) is 17.6. The monoisotopic (exact) mass is 352 g/mol. The fourth-order valence-corrected chi connectivity index (χ4v) is 4.66. The topological polar surface area (TPSA) is 65.2 Å². The number of carbonyl (C=O) groups excluding carboxylic acids is 1. The zero-order valence-electron chi connectivity index (χ0n) is 14.4. The second kappa shape index (κ2) is 6.15. The maximum atomic E-state index is 12.0. The van der Waals surface area contributed by atoms with Crippen LogP contribution in [0.25, 0.3) is 21.3 Å². The first-order valence-electron chi connectivity index (χ1n) is 8.49. The van der Waals surface area contributed by atoms with E-state index in [2.05, 4.69) is 12.1 Å². The number of Topliss-reactive ketones (excluding diaryl/α,β-unsaturated/α-hetero) is 1. The van der Waals surface area contributed by atoms with E-state index in [4.69, 9.17) is 15.5 Å². The Balaban J connectivity index is 2.06. The van der Waals surface area contributed by atoms with Gasteiger partial charge in [0.25, 0.3) is 0 Å². The van der Waals surface area contributed by atoms with Crippen molar-refractivity contribution in [2.45, 2.75) is 32.6 Å². The number of pyridine rings is 1. The van der Waals surface area contributed by atoms with E-state index in [1.165, 1.54) is 16.9 Å². The molecule has 0 saturated carbocycles. The molecule has 0 unspecified atom stereocenters. The maximum Gasteiger partial charge on any atom is 0.171 e. The van der Waals surface area contributed by atoms with Crippen molar-refractivity contribution in [2.24, 2.45) is 0 Å². The molecule has 0 spiro atoms. The Labute approximate surface area is 150 Å². The second-order valence-electron chi connectivity index (χ2n) is 6.43. The normalized spacial score (nSPS) is 13.7. The van der Waals surface area contributed by atoms with Gasteiger partial charge in [0.2, 0.25) is 0 Å². The number of methoxy groups -OCH3 is 1. The Morgan fingerprint density at radius 2 is 1.92 bits per heavy atom. The van der Waals surface area contributed by atoms with E-state index in [9.17, 15) is 4.79 Å². The minimum atomic E-state index is -0.000784. The van der Waals surface area contributed by atoms with Crippen molar-refractivity contribution in [3.8, 4) is 16.9 Å². The van der Waals surface area contributed by atoms with Crippen LogP contribution in [0.1, 0.15) is 40.7 Å². The summed E-state index contributed by atoms with van der Waals surface area (Å²) in [7, 11) is 1.66. The lowest BCUT2D eigenvalue weighted by Gasteiger charge is -2.20. The van der Waals surface area contributed by atoms with E-state index in [-0.39, 0.29) is 5.78 Å². The molecule has 2 N–H and O–H groups in total. The van der Waals surface area contributed by atoms with Crippen LogP contribution in [0.4, 0.5) is 5.69 Å². The van der Waals surface area contributed by atoms with Gasteiger partial charge in [-0.2, -0.15) is 0 Å². The summed E-state index contributed by atoms with van der Waals surface area (Å²) < 4.78 is 5.28. The minimum absolute atomic E-state index is 0.000784. The summed E-state index contributed by atoms with van der Waals surface area (Å²) >= 11 is 1.41. The number of aromatic nitrogens is 1. The summed E-state index contributed by atoms with van der Waals surface area (Å²) in [4.78, 5) is 18.3. The lowest BCUT2D eigenvalue weighted by molar-refractivity contribution is 0.102. The van der Waals surface area contributed by atoms with Crippen molar-refractivity contribution in [2.75, 3.05) is 12.8 Å². The molecule has 2 aromatic heterocycles. The third-order valence-corrected chi connectivity index (χ3v) is 6.05. The van der Waals surface area contributed by atoms with Crippen molar-refractivity contribution in [1.29, 1.82) is 0 Å². The number of nitrogens with two attached hydrogens (primary N) is 1. The molecular formula is C20H20N2O2S. The number of ether oxygens (including phenoxy) is 1. The average molecular weight is 352 g/mol. The summed E-state index contributed by atoms with van der Waals surface area (Å²) in [6, 6.07) is 8.05. The van der Waals surface area contributed by atoms with Gasteiger partial charge < -0.3 is 10.5 Å². The van der Waals surface area contributed by atoms with E-state index in [1.54, 1.807) is 14.0 Å². The molecule has 3 aromatic rings. The molecule has 0 bridgehead atoms. The van der Waals surface area contributed by atoms with E-state index >= 15 is 0 Å². The van der Waals surface area contributed by atoms with Gasteiger partial charge in [0.15, 0.2) is 5.78 Å². The van der Waals surface area contributed by atoms with Crippen molar-refractivity contribution in [3.05, 3.63) is 40.4 Å². The van der Waals surface area contributed by atoms with Gasteiger partial charge >= 0.3 is 0 Å². The van der Waals surface area contributed by atoms with E-state index < -0.39 is 0 Å². The maximum absolute atomic E-state index is 12.0. The first kappa shape index (κ1) is 16.1. The van der Waals surface area contributed by atoms with Gasteiger partial charge in [-0.3, -0.25) is 4.79 Å². The number of rotatable bonds is 3. The number of benzene rings is 1. The zero-order valence-corrected chi connectivity index (χ0v) is 15.2. The van der Waals surface area contributed by atoms with Crippen molar-refractivity contribution in [1.82, 2.24) is 4.98 Å². The number of ketones is 1. The number of anilines is 1. The molecule has 1 aromatic carbocycles. The van der Waals surface area contributed by atoms with Crippen LogP contribution in [-0.4, -0.2) is 17.9 Å². The predicted molar refractivity (Wildman–Crippen MR) is 103 cm³/mol. The lowest BCUT2D eigenvalue weighted by Crippen LogP contribution is -2.08. The summed E-state index contributed by atoms with van der Waals surface area (Å²) in [6.45, 7) is 1.56. The van der Waals surface area contributed by atoms with Gasteiger partial charge in [-0.15, -0.1) is 11.3 Å². The molecule has 0 saturated heterocycles. The van der Waals surface area contributed by atoms with Crippen LogP contribution in [0.5, 0.6) is 5.75 Å². The summed E-state index contributed by atoms with van der Waals surface area (Å²) in [5.41, 5.74) is 11.6. The van der Waals surface area contributed by atoms with Crippen LogP contribution in [0.2, 0.25) is 0 Å². The highest BCUT2D eigenvalue weighted by Gasteiger charge is 2.24. The molecule has 25 heavy (non-hydrogen) atoms. The number of aryl methyl sites for hydroxylation is 1. The van der Waals surface area contributed by atoms with Crippen LogP contribution >= 0.6 is 11.3 Å². The third-order valence-electron chi connectivity index (χ3n) is 4.85. The van der Waals surface area contributed by atoms with Gasteiger partial charge in [0.05, 0.1) is 17.7 Å². The summed E-state index contributed by atoms with van der Waals surface area (Å²) in [6.07, 6.45) is 4.31. The summed E-state index contributed by atoms with van der Waals surface area (Å²) in [5, 5.41) is 0.931. The fraction of sp³-hybridized carbons (Fsp3) is 0.300. The minimum Gasteiger partial charge on any atom is -0.497 e. The number of hydrogen-bond donors (Lipinski definition) is 1. The van der Waals surface area contributed by atoms with Gasteiger partial charge in [-0.1, -0.05) is 12.1 Å². The van der Waals surface area contributed by atoms with Gasteiger partial charge in [0.1, 0.15) is 10.6 Å². The first-order chi connectivity index (χ1) is 12.1. The molecule has 1 aliphatic carbocycles. The molecule has 4 rings (SSSR count). The molecule has 0 aliphatic heterocycles. The highest BCUT2D eigenvalue weighted by atomic mass is 32.1. The third kappa shape index (κ3) is 2.59. The molecule has 1 aliphatic rings. The molecule has 0 fully saturated rings. The van der Waals surface area contributed by atoms with Crippen molar-refractivity contribution < 1.29 is 9.53 Å². The average Bonchev–Trinajstić information content (AvgIpc) is 2.96. The quantitative estimate of drug-likeness (QED) is 0.698. The number of carbonyl (C=O) groups is 1. The fourth-order valence-electron chi connectivity index (χ4n) is 3.65. The van der Waals surface area contributed by atoms with Gasteiger partial charge in [-0.05, 0) is 54.5 Å². The van der Waals surface area contributed by atoms with Crippen LogP contribution in [-0.2, 0) is 12.8 Å².